The first-order valence-electron chi connectivity index (χ1n) is 2.98. The van der Waals surface area contributed by atoms with Gasteiger partial charge in [-0.3, -0.25) is 4.55 Å². The molecule has 0 aliphatic carbocycles. The Labute approximate surface area is 86.3 Å². The molecule has 0 saturated carbocycles. The maximum Gasteiger partial charge on any atom is 0.254 e. The van der Waals surface area contributed by atoms with Crippen LogP contribution in [0.4, 0.5) is 0 Å². The summed E-state index contributed by atoms with van der Waals surface area (Å²) in [7, 11) is -3.12. The molecular weight excluding hydrogens is 230 g/mol. The Morgan fingerprint density at radius 2 is 1.50 bits per heavy atom. The van der Waals surface area contributed by atoms with E-state index >= 15 is 0 Å². The number of aryl methyl sites for hydroxylation is 1. The summed E-state index contributed by atoms with van der Waals surface area (Å²) >= 11 is 0. The molecule has 0 saturated heterocycles. The van der Waals surface area contributed by atoms with Crippen molar-refractivity contribution >= 4 is 11.0 Å². The molecule has 1 rings (SSSR count). The van der Waals surface area contributed by atoms with Crippen LogP contribution in [0.2, 0.25) is 0 Å². The van der Waals surface area contributed by atoms with Crippen molar-refractivity contribution in [1.29, 1.82) is 0 Å². The van der Waals surface area contributed by atoms with Gasteiger partial charge in [0.2, 0.25) is 0 Å². The smallest absolute Gasteiger partial charge is 0.254 e. The molecule has 0 unspecified atom stereocenters. The molecule has 3 nitrogen and oxygen atoms in total. The Hall–Kier alpha value is -0.247. The number of rotatable bonds is 0. The summed E-state index contributed by atoms with van der Waals surface area (Å²) < 4.78 is 24.2. The fourth-order valence-electron chi connectivity index (χ4n) is 0.534. The van der Waals surface area contributed by atoms with Crippen LogP contribution in [-0.4, -0.2) is 13.0 Å². The zero-order chi connectivity index (χ0) is 8.69. The predicted octanol–water partition coefficient (Wildman–Crippen LogP) is 1.06. The molecule has 0 radical (unpaired) electrons. The molecule has 1 aromatic rings. The van der Waals surface area contributed by atoms with Crippen LogP contribution in [0.25, 0.3) is 0 Å². The van der Waals surface area contributed by atoms with E-state index in [0.29, 0.717) is 0 Å². The van der Waals surface area contributed by atoms with Gasteiger partial charge in [-0.05, 0) is 6.92 Å². The Kier molecular flexibility index (Phi) is 10.5. The first kappa shape index (κ1) is 14.3. The second-order valence-corrected chi connectivity index (χ2v) is 2.37. The minimum absolute atomic E-state index is 0. The first-order valence-corrected chi connectivity index (χ1v) is 4.11. The third-order valence-corrected chi connectivity index (χ3v) is 0.940. The Balaban J connectivity index is 0. The number of benzene rings is 1. The Morgan fingerprint density at radius 1 is 1.17 bits per heavy atom. The van der Waals surface area contributed by atoms with E-state index in [1.165, 1.54) is 5.56 Å². The molecule has 1 aromatic carbocycles. The van der Waals surface area contributed by atoms with Gasteiger partial charge in [-0.25, -0.2) is 8.42 Å². The standard InChI is InChI=1S/C7H8.H2O3S.Zn/c1-7-5-3-2-4-6-7;1-4(2)3;/h2-6H,1H3;4H,(H,1,2,3);. The molecule has 0 aliphatic heterocycles. The monoisotopic (exact) mass is 238 g/mol. The van der Waals surface area contributed by atoms with Crippen molar-refractivity contribution in [2.24, 2.45) is 0 Å². The quantitative estimate of drug-likeness (QED) is 0.404. The summed E-state index contributed by atoms with van der Waals surface area (Å²) in [5.41, 5.74) is 1.32. The molecule has 1 N–H and O–H groups in total. The van der Waals surface area contributed by atoms with E-state index in [1.807, 2.05) is 18.2 Å². The summed E-state index contributed by atoms with van der Waals surface area (Å²) in [6.07, 6.45) is 0. The average molecular weight is 240 g/mol. The van der Waals surface area contributed by atoms with Gasteiger partial charge in [0, 0.05) is 19.5 Å². The number of hydrogen-bond donors (Lipinski definition) is 2. The number of hydrogen-bond acceptors (Lipinski definition) is 2. The van der Waals surface area contributed by atoms with E-state index in [-0.39, 0.29) is 19.5 Å². The van der Waals surface area contributed by atoms with Gasteiger partial charge >= 0.3 is 0 Å². The fraction of sp³-hybridized carbons (Fsp3) is 0.143. The van der Waals surface area contributed by atoms with Gasteiger partial charge in [-0.15, -0.1) is 0 Å². The maximum absolute atomic E-state index is 8.59. The zero-order valence-electron chi connectivity index (χ0n) is 6.80. The van der Waals surface area contributed by atoms with Crippen LogP contribution in [0.15, 0.2) is 30.3 Å². The topological polar surface area (TPSA) is 54.4 Å². The van der Waals surface area contributed by atoms with Gasteiger partial charge < -0.3 is 0 Å². The van der Waals surface area contributed by atoms with E-state index in [9.17, 15) is 0 Å². The van der Waals surface area contributed by atoms with Gasteiger partial charge in [0.15, 0.2) is 0 Å². The molecule has 64 valence electrons. The van der Waals surface area contributed by atoms with Crippen molar-refractivity contribution in [2.75, 3.05) is 0 Å². The summed E-state index contributed by atoms with van der Waals surface area (Å²) in [5, 5.41) is 0. The zero-order valence-corrected chi connectivity index (χ0v) is 10.7. The van der Waals surface area contributed by atoms with Crippen LogP contribution in [-0.2, 0) is 30.5 Å². The van der Waals surface area contributed by atoms with E-state index in [1.54, 1.807) is 0 Å². The van der Waals surface area contributed by atoms with Gasteiger partial charge in [-0.1, -0.05) is 35.9 Å². The van der Waals surface area contributed by atoms with E-state index in [2.05, 4.69) is 19.1 Å². The van der Waals surface area contributed by atoms with Crippen molar-refractivity contribution in [3.8, 4) is 0 Å². The minimum atomic E-state index is -3.12. The Morgan fingerprint density at radius 3 is 1.67 bits per heavy atom. The molecule has 0 atom stereocenters. The van der Waals surface area contributed by atoms with E-state index in [4.69, 9.17) is 13.0 Å². The summed E-state index contributed by atoms with van der Waals surface area (Å²) in [4.78, 5) is 0. The molecule has 0 bridgehead atoms. The molecule has 5 heteroatoms. The Bertz CT molecular complexity index is 251. The minimum Gasteiger partial charge on any atom is -0.288 e. The molecule has 0 aliphatic rings. The van der Waals surface area contributed by atoms with Gasteiger partial charge in [0.1, 0.15) is 0 Å². The van der Waals surface area contributed by atoms with Gasteiger partial charge in [0.25, 0.3) is 11.0 Å². The largest absolute Gasteiger partial charge is 0.288 e. The third kappa shape index (κ3) is 12.4. The third-order valence-electron chi connectivity index (χ3n) is 0.940. The first-order chi connectivity index (χ1) is 5.13. The van der Waals surface area contributed by atoms with Crippen molar-refractivity contribution < 1.29 is 32.4 Å². The molecule has 0 amide bonds. The summed E-state index contributed by atoms with van der Waals surface area (Å²) in [6.45, 7) is 2.08. The van der Waals surface area contributed by atoms with Crippen molar-refractivity contribution in [2.45, 2.75) is 6.92 Å². The second-order valence-electron chi connectivity index (χ2n) is 1.89. The summed E-state index contributed by atoms with van der Waals surface area (Å²) in [6, 6.07) is 10.3. The van der Waals surface area contributed by atoms with Crippen LogP contribution in [0.1, 0.15) is 5.56 Å². The maximum atomic E-state index is 8.59. The normalized spacial score (nSPS) is 7.92. The SMILES string of the molecule is Cc1ccccc1.O=[SH](=O)O.[Zn]. The predicted molar refractivity (Wildman–Crippen MR) is 44.1 cm³/mol. The number of thiol groups is 1. The van der Waals surface area contributed by atoms with Crippen LogP contribution >= 0.6 is 0 Å². The fourth-order valence-corrected chi connectivity index (χ4v) is 0.534. The van der Waals surface area contributed by atoms with Crippen LogP contribution in [0.5, 0.6) is 0 Å². The molecule has 12 heavy (non-hydrogen) atoms. The van der Waals surface area contributed by atoms with Gasteiger partial charge in [-0.2, -0.15) is 0 Å². The molecule has 0 heterocycles. The van der Waals surface area contributed by atoms with Crippen LogP contribution in [0.3, 0.4) is 0 Å². The molecule has 0 aromatic heterocycles. The molecule has 0 spiro atoms. The summed E-state index contributed by atoms with van der Waals surface area (Å²) in [5.74, 6) is 0. The second kappa shape index (κ2) is 8.85. The van der Waals surface area contributed by atoms with E-state index < -0.39 is 11.0 Å². The van der Waals surface area contributed by atoms with Gasteiger partial charge in [0.05, 0.1) is 0 Å². The van der Waals surface area contributed by atoms with Crippen molar-refractivity contribution in [3.05, 3.63) is 35.9 Å². The molecule has 0 fully saturated rings. The van der Waals surface area contributed by atoms with E-state index in [0.717, 1.165) is 0 Å². The van der Waals surface area contributed by atoms with Crippen LogP contribution in [0, 0.1) is 6.92 Å². The van der Waals surface area contributed by atoms with Crippen molar-refractivity contribution in [3.63, 3.8) is 0 Å². The van der Waals surface area contributed by atoms with Crippen molar-refractivity contribution in [1.82, 2.24) is 0 Å². The van der Waals surface area contributed by atoms with Crippen LogP contribution < -0.4 is 0 Å². The average Bonchev–Trinajstić information content (AvgIpc) is 1.87. The molecular formula is C7H10O3SZn.